The third-order valence-corrected chi connectivity index (χ3v) is 3.24. The molecule has 0 fully saturated rings. The van der Waals surface area contributed by atoms with Crippen LogP contribution in [0.25, 0.3) is 0 Å². The number of rotatable bonds is 6. The molecule has 1 amide bonds. The molecule has 2 N–H and O–H groups in total. The van der Waals surface area contributed by atoms with Gasteiger partial charge in [-0.25, -0.2) is 0 Å². The number of nitrogens with one attached hydrogen (secondary N) is 1. The summed E-state index contributed by atoms with van der Waals surface area (Å²) in [4.78, 5) is 22.3. The molecule has 4 nitrogen and oxygen atoms in total. The van der Waals surface area contributed by atoms with Crippen LogP contribution in [-0.4, -0.2) is 33.5 Å². The molecule has 0 spiro atoms. The fourth-order valence-corrected chi connectivity index (χ4v) is 2.11. The van der Waals surface area contributed by atoms with Gasteiger partial charge < -0.3 is 10.4 Å². The van der Waals surface area contributed by atoms with Gasteiger partial charge in [0.1, 0.15) is 4.75 Å². The van der Waals surface area contributed by atoms with Gasteiger partial charge in [-0.15, -0.1) is 11.8 Å². The van der Waals surface area contributed by atoms with Crippen LogP contribution < -0.4 is 5.32 Å². The van der Waals surface area contributed by atoms with Crippen LogP contribution in [0.2, 0.25) is 0 Å². The largest absolute Gasteiger partial charge is 0.480 e. The lowest BCUT2D eigenvalue weighted by Crippen LogP contribution is -2.37. The summed E-state index contributed by atoms with van der Waals surface area (Å²) < 4.78 is -0.928. The van der Waals surface area contributed by atoms with Crippen molar-refractivity contribution in [1.82, 2.24) is 5.32 Å². The number of hydrogen-bond acceptors (Lipinski definition) is 3. The van der Waals surface area contributed by atoms with E-state index in [1.54, 1.807) is 20.8 Å². The first-order valence-corrected chi connectivity index (χ1v) is 5.88. The highest BCUT2D eigenvalue weighted by Gasteiger charge is 2.32. The van der Waals surface area contributed by atoms with Crippen LogP contribution in [0.1, 0.15) is 34.1 Å². The van der Waals surface area contributed by atoms with Crippen LogP contribution in [-0.2, 0) is 9.59 Å². The number of aliphatic carboxylic acids is 1. The minimum Gasteiger partial charge on any atom is -0.480 e. The Morgan fingerprint density at radius 1 is 1.47 bits per heavy atom. The summed E-state index contributed by atoms with van der Waals surface area (Å²) in [6, 6.07) is 0. The van der Waals surface area contributed by atoms with E-state index in [9.17, 15) is 9.59 Å². The second kappa shape index (κ2) is 6.00. The van der Waals surface area contributed by atoms with Gasteiger partial charge in [-0.2, -0.15) is 0 Å². The first kappa shape index (κ1) is 14.3. The van der Waals surface area contributed by atoms with Crippen LogP contribution in [0.15, 0.2) is 0 Å². The molecule has 0 radical (unpaired) electrons. The summed E-state index contributed by atoms with van der Waals surface area (Å²) in [5.41, 5.74) is 0. The van der Waals surface area contributed by atoms with E-state index in [0.29, 0.717) is 6.54 Å². The molecule has 0 heterocycles. The van der Waals surface area contributed by atoms with Crippen molar-refractivity contribution in [2.24, 2.45) is 0 Å². The van der Waals surface area contributed by atoms with Gasteiger partial charge in [-0.3, -0.25) is 9.59 Å². The molecule has 0 aromatic carbocycles. The minimum atomic E-state index is -0.928. The highest BCUT2D eigenvalue weighted by Crippen LogP contribution is 2.28. The van der Waals surface area contributed by atoms with Gasteiger partial charge in [0.15, 0.2) is 0 Å². The van der Waals surface area contributed by atoms with E-state index in [1.807, 2.05) is 6.92 Å². The van der Waals surface area contributed by atoms with Crippen LogP contribution >= 0.6 is 11.8 Å². The second-order valence-electron chi connectivity index (χ2n) is 3.87. The summed E-state index contributed by atoms with van der Waals surface area (Å²) in [5, 5.41) is 11.3. The Kier molecular flexibility index (Phi) is 5.72. The Morgan fingerprint density at radius 3 is 2.40 bits per heavy atom. The highest BCUT2D eigenvalue weighted by atomic mass is 32.2. The van der Waals surface area contributed by atoms with Crippen LogP contribution in [0.4, 0.5) is 0 Å². The van der Waals surface area contributed by atoms with Crippen molar-refractivity contribution in [1.29, 1.82) is 0 Å². The van der Waals surface area contributed by atoms with Crippen molar-refractivity contribution in [2.45, 2.75) is 44.1 Å². The Morgan fingerprint density at radius 2 is 2.00 bits per heavy atom. The predicted molar refractivity (Wildman–Crippen MR) is 62.1 cm³/mol. The third-order valence-electron chi connectivity index (χ3n) is 1.90. The lowest BCUT2D eigenvalue weighted by atomic mass is 10.2. The van der Waals surface area contributed by atoms with Gasteiger partial charge in [0.2, 0.25) is 5.91 Å². The van der Waals surface area contributed by atoms with Crippen molar-refractivity contribution in [3.8, 4) is 0 Å². The van der Waals surface area contributed by atoms with Crippen molar-refractivity contribution >= 4 is 23.6 Å². The molecule has 0 aromatic heterocycles. The fourth-order valence-electron chi connectivity index (χ4n) is 0.938. The lowest BCUT2D eigenvalue weighted by Gasteiger charge is -2.22. The molecule has 0 saturated carbocycles. The zero-order valence-corrected chi connectivity index (χ0v) is 10.5. The molecular weight excluding hydrogens is 214 g/mol. The Hall–Kier alpha value is -0.710. The number of thioether (sulfide) groups is 1. The maximum absolute atomic E-state index is 11.5. The maximum atomic E-state index is 11.5. The monoisotopic (exact) mass is 233 g/mol. The van der Waals surface area contributed by atoms with E-state index < -0.39 is 10.7 Å². The van der Waals surface area contributed by atoms with Crippen LogP contribution in [0, 0.1) is 0 Å². The number of hydrogen-bond donors (Lipinski definition) is 2. The van der Waals surface area contributed by atoms with E-state index in [0.717, 1.165) is 18.2 Å². The number of carbonyl (C=O) groups excluding carboxylic acids is 1. The normalized spacial score (nSPS) is 13.3. The first-order chi connectivity index (χ1) is 6.81. The van der Waals surface area contributed by atoms with Crippen molar-refractivity contribution in [2.75, 3.05) is 6.54 Å². The zero-order valence-electron chi connectivity index (χ0n) is 9.66. The summed E-state index contributed by atoms with van der Waals surface area (Å²) in [7, 11) is 0. The van der Waals surface area contributed by atoms with E-state index in [2.05, 4.69) is 5.32 Å². The molecule has 0 saturated heterocycles. The Labute approximate surface area is 94.8 Å². The van der Waals surface area contributed by atoms with E-state index >= 15 is 0 Å². The SMILES string of the molecule is CCCNC(=O)C(C)SC(C)(C)C(=O)O. The number of carboxylic acid groups (broad SMARTS) is 1. The molecule has 88 valence electrons. The predicted octanol–water partition coefficient (Wildman–Crippen LogP) is 1.50. The molecule has 0 aliphatic rings. The van der Waals surface area contributed by atoms with E-state index in [-0.39, 0.29) is 11.2 Å². The molecule has 0 bridgehead atoms. The number of amides is 1. The third kappa shape index (κ3) is 5.06. The van der Waals surface area contributed by atoms with Gasteiger partial charge in [-0.05, 0) is 27.2 Å². The lowest BCUT2D eigenvalue weighted by molar-refractivity contribution is -0.138. The van der Waals surface area contributed by atoms with Gasteiger partial charge in [0.05, 0.1) is 5.25 Å². The number of carbonyl (C=O) groups is 2. The van der Waals surface area contributed by atoms with Gasteiger partial charge >= 0.3 is 5.97 Å². The molecule has 1 atom stereocenters. The van der Waals surface area contributed by atoms with Crippen molar-refractivity contribution in [3.63, 3.8) is 0 Å². The maximum Gasteiger partial charge on any atom is 0.319 e. The topological polar surface area (TPSA) is 66.4 Å². The average molecular weight is 233 g/mol. The van der Waals surface area contributed by atoms with Gasteiger partial charge in [0.25, 0.3) is 0 Å². The zero-order chi connectivity index (χ0) is 12.1. The van der Waals surface area contributed by atoms with Crippen LogP contribution in [0.5, 0.6) is 0 Å². The van der Waals surface area contributed by atoms with Crippen LogP contribution in [0.3, 0.4) is 0 Å². The molecule has 0 aliphatic carbocycles. The molecule has 0 aromatic rings. The second-order valence-corrected chi connectivity index (χ2v) is 5.83. The van der Waals surface area contributed by atoms with Crippen molar-refractivity contribution in [3.05, 3.63) is 0 Å². The van der Waals surface area contributed by atoms with Gasteiger partial charge in [-0.1, -0.05) is 6.92 Å². The molecule has 0 aliphatic heterocycles. The highest BCUT2D eigenvalue weighted by molar-refractivity contribution is 8.02. The van der Waals surface area contributed by atoms with Crippen molar-refractivity contribution < 1.29 is 14.7 Å². The fraction of sp³-hybridized carbons (Fsp3) is 0.800. The molecule has 1 unspecified atom stereocenters. The molecule has 0 rings (SSSR count). The summed E-state index contributed by atoms with van der Waals surface area (Å²) in [6.07, 6.45) is 0.880. The molecular formula is C10H19NO3S. The molecule has 5 heteroatoms. The minimum absolute atomic E-state index is 0.101. The van der Waals surface area contributed by atoms with Gasteiger partial charge in [0, 0.05) is 6.54 Å². The number of carboxylic acids is 1. The van der Waals surface area contributed by atoms with E-state index in [1.165, 1.54) is 0 Å². The summed E-state index contributed by atoms with van der Waals surface area (Å²) in [6.45, 7) is 7.53. The Bertz CT molecular complexity index is 241. The first-order valence-electron chi connectivity index (χ1n) is 5.00. The molecule has 15 heavy (non-hydrogen) atoms. The summed E-state index contributed by atoms with van der Waals surface area (Å²) >= 11 is 1.16. The van der Waals surface area contributed by atoms with E-state index in [4.69, 9.17) is 5.11 Å². The standard InChI is InChI=1S/C10H19NO3S/c1-5-6-11-8(12)7(2)15-10(3,4)9(13)14/h7H,5-6H2,1-4H3,(H,11,12)(H,13,14). The summed E-state index contributed by atoms with van der Waals surface area (Å²) in [5.74, 6) is -1.00. The Balaban J connectivity index is 4.17. The average Bonchev–Trinajstić information content (AvgIpc) is 2.13. The quantitative estimate of drug-likeness (QED) is 0.729. The smallest absolute Gasteiger partial charge is 0.319 e.